The van der Waals surface area contributed by atoms with Gasteiger partial charge >= 0.3 is 0 Å². The molecule has 0 saturated heterocycles. The molecular formula is C17H17ClO2. The van der Waals surface area contributed by atoms with Crippen molar-refractivity contribution in [3.63, 3.8) is 0 Å². The van der Waals surface area contributed by atoms with Crippen LogP contribution < -0.4 is 4.74 Å². The minimum Gasteiger partial charge on any atom is -0.484 e. The van der Waals surface area contributed by atoms with Crippen LogP contribution >= 0.6 is 11.6 Å². The summed E-state index contributed by atoms with van der Waals surface area (Å²) in [6.45, 7) is 5.96. The smallest absolute Gasteiger partial charge is 0.200 e. The molecule has 104 valence electrons. The Morgan fingerprint density at radius 2 is 1.80 bits per heavy atom. The first-order valence-electron chi connectivity index (χ1n) is 6.47. The lowest BCUT2D eigenvalue weighted by Crippen LogP contribution is -2.12. The predicted octanol–water partition coefficient (Wildman–Crippen LogP) is 4.53. The van der Waals surface area contributed by atoms with Gasteiger partial charge in [0.05, 0.1) is 5.02 Å². The van der Waals surface area contributed by atoms with E-state index in [1.165, 1.54) is 5.56 Å². The zero-order valence-electron chi connectivity index (χ0n) is 11.9. The monoisotopic (exact) mass is 288 g/mol. The largest absolute Gasteiger partial charge is 0.484 e. The molecule has 0 amide bonds. The number of aryl methyl sites for hydroxylation is 3. The highest BCUT2D eigenvalue weighted by molar-refractivity contribution is 6.32. The highest BCUT2D eigenvalue weighted by Gasteiger charge is 2.09. The fraction of sp³-hybridized carbons (Fsp3) is 0.235. The van der Waals surface area contributed by atoms with Gasteiger partial charge in [0.1, 0.15) is 5.75 Å². The van der Waals surface area contributed by atoms with Gasteiger partial charge in [-0.05, 0) is 55.7 Å². The SMILES string of the molecule is Cc1ccc(OCC(=O)c2ccc(C)c(C)c2)c(Cl)c1. The highest BCUT2D eigenvalue weighted by atomic mass is 35.5. The Morgan fingerprint density at radius 1 is 1.05 bits per heavy atom. The molecule has 2 aromatic rings. The van der Waals surface area contributed by atoms with Crippen LogP contribution in [0.1, 0.15) is 27.0 Å². The van der Waals surface area contributed by atoms with Gasteiger partial charge in [0.2, 0.25) is 0 Å². The Balaban J connectivity index is 2.06. The fourth-order valence-electron chi connectivity index (χ4n) is 1.86. The molecule has 2 aromatic carbocycles. The molecule has 0 spiro atoms. The summed E-state index contributed by atoms with van der Waals surface area (Å²) in [6.07, 6.45) is 0. The number of carbonyl (C=O) groups excluding carboxylic acids is 1. The first-order chi connectivity index (χ1) is 9.47. The summed E-state index contributed by atoms with van der Waals surface area (Å²) in [5.41, 5.74) is 3.99. The summed E-state index contributed by atoms with van der Waals surface area (Å²) in [7, 11) is 0. The number of Topliss-reactive ketones (excluding diaryl/α,β-unsaturated/α-hetero) is 1. The highest BCUT2D eigenvalue weighted by Crippen LogP contribution is 2.25. The molecule has 0 saturated carbocycles. The van der Waals surface area contributed by atoms with Gasteiger partial charge in [0.15, 0.2) is 12.4 Å². The maximum Gasteiger partial charge on any atom is 0.200 e. The van der Waals surface area contributed by atoms with E-state index in [9.17, 15) is 4.79 Å². The predicted molar refractivity (Wildman–Crippen MR) is 81.9 cm³/mol. The van der Waals surface area contributed by atoms with Crippen molar-refractivity contribution in [3.8, 4) is 5.75 Å². The van der Waals surface area contributed by atoms with Gasteiger partial charge in [-0.15, -0.1) is 0 Å². The number of carbonyl (C=O) groups is 1. The van der Waals surface area contributed by atoms with Crippen molar-refractivity contribution in [2.75, 3.05) is 6.61 Å². The van der Waals surface area contributed by atoms with Gasteiger partial charge in [0.25, 0.3) is 0 Å². The lowest BCUT2D eigenvalue weighted by Gasteiger charge is -2.09. The molecule has 2 nitrogen and oxygen atoms in total. The molecule has 20 heavy (non-hydrogen) atoms. The summed E-state index contributed by atoms with van der Waals surface area (Å²) in [6, 6.07) is 11.2. The molecule has 3 heteroatoms. The number of halogens is 1. The second-order valence-electron chi connectivity index (χ2n) is 4.94. The van der Waals surface area contributed by atoms with E-state index >= 15 is 0 Å². The van der Waals surface area contributed by atoms with Gasteiger partial charge in [-0.2, -0.15) is 0 Å². The van der Waals surface area contributed by atoms with Crippen LogP contribution in [0.4, 0.5) is 0 Å². The van der Waals surface area contributed by atoms with Crippen molar-refractivity contribution in [1.82, 2.24) is 0 Å². The molecule has 0 N–H and O–H groups in total. The van der Waals surface area contributed by atoms with Gasteiger partial charge in [-0.3, -0.25) is 4.79 Å². The molecule has 0 radical (unpaired) electrons. The first-order valence-corrected chi connectivity index (χ1v) is 6.84. The van der Waals surface area contributed by atoms with Gasteiger partial charge < -0.3 is 4.74 Å². The fourth-order valence-corrected chi connectivity index (χ4v) is 2.15. The summed E-state index contributed by atoms with van der Waals surface area (Å²) in [4.78, 5) is 12.1. The van der Waals surface area contributed by atoms with E-state index in [2.05, 4.69) is 0 Å². The van der Waals surface area contributed by atoms with Crippen LogP contribution in [0.15, 0.2) is 36.4 Å². The second kappa shape index (κ2) is 6.10. The van der Waals surface area contributed by atoms with Gasteiger partial charge in [-0.1, -0.05) is 29.8 Å². The van der Waals surface area contributed by atoms with Crippen molar-refractivity contribution in [3.05, 3.63) is 63.7 Å². The van der Waals surface area contributed by atoms with Crippen molar-refractivity contribution < 1.29 is 9.53 Å². The molecule has 0 aliphatic carbocycles. The average Bonchev–Trinajstić information content (AvgIpc) is 2.40. The molecular weight excluding hydrogens is 272 g/mol. The lowest BCUT2D eigenvalue weighted by atomic mass is 10.0. The third-order valence-corrected chi connectivity index (χ3v) is 3.57. The van der Waals surface area contributed by atoms with Crippen molar-refractivity contribution in [1.29, 1.82) is 0 Å². The van der Waals surface area contributed by atoms with Crippen LogP contribution in [-0.2, 0) is 0 Å². The third kappa shape index (κ3) is 3.40. The molecule has 0 heterocycles. The quantitative estimate of drug-likeness (QED) is 0.773. The maximum absolute atomic E-state index is 12.1. The Kier molecular flexibility index (Phi) is 4.46. The van der Waals surface area contributed by atoms with Crippen LogP contribution in [-0.4, -0.2) is 12.4 Å². The van der Waals surface area contributed by atoms with Crippen molar-refractivity contribution in [2.24, 2.45) is 0 Å². The van der Waals surface area contributed by atoms with Crippen LogP contribution in [0.5, 0.6) is 5.75 Å². The molecule has 0 aromatic heterocycles. The van der Waals surface area contributed by atoms with E-state index in [1.807, 2.05) is 51.1 Å². The van der Waals surface area contributed by atoms with E-state index in [1.54, 1.807) is 6.07 Å². The van der Waals surface area contributed by atoms with E-state index in [0.717, 1.165) is 11.1 Å². The van der Waals surface area contributed by atoms with Crippen molar-refractivity contribution in [2.45, 2.75) is 20.8 Å². The summed E-state index contributed by atoms with van der Waals surface area (Å²) < 4.78 is 5.50. The molecule has 0 aliphatic rings. The molecule has 0 unspecified atom stereocenters. The Labute approximate surface area is 124 Å². The number of hydrogen-bond acceptors (Lipinski definition) is 2. The lowest BCUT2D eigenvalue weighted by molar-refractivity contribution is 0.0921. The minimum atomic E-state index is -0.0512. The Bertz CT molecular complexity index is 647. The molecule has 2 rings (SSSR count). The Morgan fingerprint density at radius 3 is 2.45 bits per heavy atom. The Hall–Kier alpha value is -1.80. The number of benzene rings is 2. The number of ketones is 1. The van der Waals surface area contributed by atoms with Crippen LogP contribution in [0.3, 0.4) is 0 Å². The normalized spacial score (nSPS) is 10.4. The molecule has 0 aliphatic heterocycles. The third-order valence-electron chi connectivity index (χ3n) is 3.28. The van der Waals surface area contributed by atoms with Gasteiger partial charge in [-0.25, -0.2) is 0 Å². The second-order valence-corrected chi connectivity index (χ2v) is 5.35. The van der Waals surface area contributed by atoms with E-state index in [4.69, 9.17) is 16.3 Å². The van der Waals surface area contributed by atoms with Crippen LogP contribution in [0, 0.1) is 20.8 Å². The molecule has 0 fully saturated rings. The minimum absolute atomic E-state index is 0.00865. The summed E-state index contributed by atoms with van der Waals surface area (Å²) >= 11 is 6.07. The van der Waals surface area contributed by atoms with Crippen molar-refractivity contribution >= 4 is 17.4 Å². The number of hydrogen-bond donors (Lipinski definition) is 0. The number of rotatable bonds is 4. The topological polar surface area (TPSA) is 26.3 Å². The standard InChI is InChI=1S/C17H17ClO2/c1-11-4-7-17(15(18)8-11)20-10-16(19)14-6-5-12(2)13(3)9-14/h4-9H,10H2,1-3H3. The van der Waals surface area contributed by atoms with Crippen LogP contribution in [0.25, 0.3) is 0 Å². The average molecular weight is 289 g/mol. The maximum atomic E-state index is 12.1. The summed E-state index contributed by atoms with van der Waals surface area (Å²) in [5, 5.41) is 0.526. The number of ether oxygens (including phenoxy) is 1. The molecule has 0 bridgehead atoms. The molecule has 0 atom stereocenters. The van der Waals surface area contributed by atoms with E-state index in [-0.39, 0.29) is 12.4 Å². The zero-order chi connectivity index (χ0) is 14.7. The van der Waals surface area contributed by atoms with E-state index < -0.39 is 0 Å². The van der Waals surface area contributed by atoms with Gasteiger partial charge in [0, 0.05) is 5.56 Å². The van der Waals surface area contributed by atoms with E-state index in [0.29, 0.717) is 16.3 Å². The van der Waals surface area contributed by atoms with Crippen LogP contribution in [0.2, 0.25) is 5.02 Å². The zero-order valence-corrected chi connectivity index (χ0v) is 12.6. The summed E-state index contributed by atoms with van der Waals surface area (Å²) in [5.74, 6) is 0.485. The first kappa shape index (κ1) is 14.6.